The summed E-state index contributed by atoms with van der Waals surface area (Å²) in [5.41, 5.74) is 7.07. The van der Waals surface area contributed by atoms with Gasteiger partial charge in [-0.15, -0.1) is 0 Å². The van der Waals surface area contributed by atoms with Gasteiger partial charge >= 0.3 is 0 Å². The molecule has 25 heavy (non-hydrogen) atoms. The van der Waals surface area contributed by atoms with Crippen molar-refractivity contribution in [2.24, 2.45) is 0 Å². The van der Waals surface area contributed by atoms with Crippen molar-refractivity contribution in [3.05, 3.63) is 59.0 Å². The Morgan fingerprint density at radius 1 is 1.00 bits per heavy atom. The number of likely N-dealkylation sites (N-methyl/N-ethyl adjacent to an activating group) is 1. The molecule has 3 nitrogen and oxygen atoms in total. The second-order valence-electron chi connectivity index (χ2n) is 8.12. The maximum absolute atomic E-state index is 2.52. The Balaban J connectivity index is 1.98. The average Bonchev–Trinajstić information content (AvgIpc) is 3.17. The zero-order chi connectivity index (χ0) is 17.9. The van der Waals surface area contributed by atoms with Gasteiger partial charge in [0.05, 0.1) is 5.69 Å². The first-order chi connectivity index (χ1) is 11.9. The molecule has 2 aromatic rings. The maximum atomic E-state index is 2.52. The van der Waals surface area contributed by atoms with Crippen LogP contribution in [0.3, 0.4) is 0 Å². The average molecular weight is 335 g/mol. The van der Waals surface area contributed by atoms with Crippen molar-refractivity contribution in [2.75, 3.05) is 11.9 Å². The van der Waals surface area contributed by atoms with E-state index >= 15 is 0 Å². The molecule has 0 aliphatic carbocycles. The van der Waals surface area contributed by atoms with Crippen molar-refractivity contribution < 1.29 is 0 Å². The van der Waals surface area contributed by atoms with Crippen LogP contribution in [0.2, 0.25) is 0 Å². The Kier molecular flexibility index (Phi) is 3.71. The van der Waals surface area contributed by atoms with Crippen LogP contribution < -0.4 is 4.90 Å². The molecule has 0 spiro atoms. The van der Waals surface area contributed by atoms with Crippen LogP contribution in [0.1, 0.15) is 61.9 Å². The van der Waals surface area contributed by atoms with Crippen LogP contribution in [-0.2, 0) is 6.42 Å². The van der Waals surface area contributed by atoms with E-state index in [1.165, 1.54) is 33.9 Å². The minimum absolute atomic E-state index is 0.436. The summed E-state index contributed by atoms with van der Waals surface area (Å²) in [5.74, 6) is 2.36. The van der Waals surface area contributed by atoms with Crippen LogP contribution in [0.4, 0.5) is 5.82 Å². The molecule has 3 heterocycles. The highest BCUT2D eigenvalue weighted by atomic mass is 15.4. The number of hydrogen-bond donors (Lipinski definition) is 0. The molecule has 1 unspecified atom stereocenters. The van der Waals surface area contributed by atoms with Crippen LogP contribution in [0, 0.1) is 6.92 Å². The number of hydrogen-bond acceptors (Lipinski definition) is 2. The van der Waals surface area contributed by atoms with Gasteiger partial charge in [0.25, 0.3) is 0 Å². The number of aromatic nitrogens is 1. The van der Waals surface area contributed by atoms with Crippen molar-refractivity contribution in [3.63, 3.8) is 0 Å². The second-order valence-corrected chi connectivity index (χ2v) is 8.12. The van der Waals surface area contributed by atoms with Crippen LogP contribution in [0.5, 0.6) is 0 Å². The first-order valence-electron chi connectivity index (χ1n) is 9.43. The van der Waals surface area contributed by atoms with Crippen molar-refractivity contribution in [1.82, 2.24) is 9.47 Å². The lowest BCUT2D eigenvalue weighted by Gasteiger charge is -2.28. The highest BCUT2D eigenvalue weighted by Gasteiger charge is 2.37. The topological polar surface area (TPSA) is 11.4 Å². The van der Waals surface area contributed by atoms with Crippen LogP contribution in [0.15, 0.2) is 36.7 Å². The van der Waals surface area contributed by atoms with Crippen LogP contribution >= 0.6 is 0 Å². The minimum Gasteiger partial charge on any atom is -0.358 e. The predicted molar refractivity (Wildman–Crippen MR) is 106 cm³/mol. The van der Waals surface area contributed by atoms with Gasteiger partial charge in [-0.1, -0.05) is 45.9 Å². The molecule has 3 heteroatoms. The number of nitrogens with zero attached hydrogens (tertiary/aromatic N) is 3. The number of benzene rings is 1. The molecule has 0 amide bonds. The van der Waals surface area contributed by atoms with Crippen molar-refractivity contribution >= 4 is 5.82 Å². The van der Waals surface area contributed by atoms with E-state index in [0.717, 1.165) is 6.42 Å². The van der Waals surface area contributed by atoms with Gasteiger partial charge in [0, 0.05) is 31.6 Å². The maximum Gasteiger partial charge on any atom is 0.122 e. The van der Waals surface area contributed by atoms with Gasteiger partial charge in [0.15, 0.2) is 0 Å². The van der Waals surface area contributed by atoms with E-state index in [-0.39, 0.29) is 0 Å². The summed E-state index contributed by atoms with van der Waals surface area (Å²) in [4.78, 5) is 4.76. The summed E-state index contributed by atoms with van der Waals surface area (Å²) < 4.78 is 2.52. The van der Waals surface area contributed by atoms with Gasteiger partial charge in [-0.3, -0.25) is 4.57 Å². The monoisotopic (exact) mass is 335 g/mol. The zero-order valence-corrected chi connectivity index (χ0v) is 16.2. The van der Waals surface area contributed by atoms with Crippen molar-refractivity contribution in [3.8, 4) is 5.69 Å². The summed E-state index contributed by atoms with van der Waals surface area (Å²) in [7, 11) is 2.17. The molecule has 1 aromatic carbocycles. The molecule has 1 atom stereocenters. The lowest BCUT2D eigenvalue weighted by Crippen LogP contribution is -2.34. The standard InChI is InChI=1S/C22H29N3/c1-14(2)18-8-7-9-19(15(3)4)21(18)25-16(5)12-17-13-20-23(6)10-11-24(20)22(17)25/h7-12,14-15,20H,13H2,1-6H3. The number of anilines is 1. The van der Waals surface area contributed by atoms with Crippen LogP contribution in [-0.4, -0.2) is 22.7 Å². The van der Waals surface area contributed by atoms with Crippen molar-refractivity contribution in [1.29, 1.82) is 0 Å². The highest BCUT2D eigenvalue weighted by molar-refractivity contribution is 5.67. The molecule has 132 valence electrons. The first-order valence-corrected chi connectivity index (χ1v) is 9.43. The number of rotatable bonds is 3. The lowest BCUT2D eigenvalue weighted by atomic mass is 9.92. The second kappa shape index (κ2) is 5.69. The van der Waals surface area contributed by atoms with Gasteiger partial charge in [0.1, 0.15) is 12.0 Å². The highest BCUT2D eigenvalue weighted by Crippen LogP contribution is 2.43. The number of fused-ring (bicyclic) bond motifs is 3. The van der Waals surface area contributed by atoms with E-state index in [0.29, 0.717) is 18.0 Å². The molecule has 0 N–H and O–H groups in total. The fourth-order valence-electron chi connectivity index (χ4n) is 4.40. The molecule has 0 bridgehead atoms. The predicted octanol–water partition coefficient (Wildman–Crippen LogP) is 5.14. The molecule has 2 aliphatic rings. The SMILES string of the molecule is Cc1cc2c(n1-c1c(C(C)C)cccc1C(C)C)N1C=CN(C)C1C2. The molecule has 0 fully saturated rings. The third-order valence-electron chi connectivity index (χ3n) is 5.70. The Bertz CT molecular complexity index is 815. The molecular weight excluding hydrogens is 306 g/mol. The summed E-state index contributed by atoms with van der Waals surface area (Å²) in [5, 5.41) is 0. The molecule has 2 aliphatic heterocycles. The van der Waals surface area contributed by atoms with Gasteiger partial charge in [-0.25, -0.2) is 0 Å². The Labute approximate surface area is 151 Å². The molecule has 0 saturated carbocycles. The van der Waals surface area contributed by atoms with Crippen molar-refractivity contribution in [2.45, 2.75) is 59.0 Å². The van der Waals surface area contributed by atoms with Gasteiger partial charge in [-0.2, -0.15) is 0 Å². The summed E-state index contributed by atoms with van der Waals surface area (Å²) in [6.45, 7) is 11.4. The zero-order valence-electron chi connectivity index (χ0n) is 16.2. The van der Waals surface area contributed by atoms with E-state index in [1.807, 2.05) is 0 Å². The Morgan fingerprint density at radius 3 is 2.24 bits per heavy atom. The molecule has 4 rings (SSSR count). The van der Waals surface area contributed by atoms with Gasteiger partial charge in [0.2, 0.25) is 0 Å². The number of aryl methyl sites for hydroxylation is 1. The molecule has 0 saturated heterocycles. The summed E-state index contributed by atoms with van der Waals surface area (Å²) in [6.07, 6.45) is 5.95. The van der Waals surface area contributed by atoms with Gasteiger partial charge < -0.3 is 9.80 Å². The molecular formula is C22H29N3. The van der Waals surface area contributed by atoms with Gasteiger partial charge in [-0.05, 0) is 41.5 Å². The Morgan fingerprint density at radius 2 is 1.64 bits per heavy atom. The smallest absolute Gasteiger partial charge is 0.122 e. The van der Waals surface area contributed by atoms with E-state index in [1.54, 1.807) is 0 Å². The fraction of sp³-hybridized carbons (Fsp3) is 0.455. The van der Waals surface area contributed by atoms with E-state index in [4.69, 9.17) is 0 Å². The number of para-hydroxylation sites is 1. The summed E-state index contributed by atoms with van der Waals surface area (Å²) >= 11 is 0. The normalized spacial score (nSPS) is 18.6. The third-order valence-corrected chi connectivity index (χ3v) is 5.70. The minimum atomic E-state index is 0.436. The molecule has 1 aromatic heterocycles. The Hall–Kier alpha value is -2.16. The van der Waals surface area contributed by atoms with E-state index < -0.39 is 0 Å². The quantitative estimate of drug-likeness (QED) is 0.769. The van der Waals surface area contributed by atoms with E-state index in [9.17, 15) is 0 Å². The molecule has 0 radical (unpaired) electrons. The third kappa shape index (κ3) is 2.32. The largest absolute Gasteiger partial charge is 0.358 e. The first kappa shape index (κ1) is 16.3. The lowest BCUT2D eigenvalue weighted by molar-refractivity contribution is 0.367. The fourth-order valence-corrected chi connectivity index (χ4v) is 4.40. The summed E-state index contributed by atoms with van der Waals surface area (Å²) in [6, 6.07) is 9.21. The van der Waals surface area contributed by atoms with E-state index in [2.05, 4.69) is 92.7 Å². The van der Waals surface area contributed by atoms with Crippen LogP contribution in [0.25, 0.3) is 5.69 Å².